The monoisotopic (exact) mass is 279 g/mol. The number of carbonyl (C=O) groups excluding carboxylic acids is 1. The van der Waals surface area contributed by atoms with Gasteiger partial charge in [0.15, 0.2) is 0 Å². The predicted octanol–water partition coefficient (Wildman–Crippen LogP) is 3.08. The second kappa shape index (κ2) is 5.67. The minimum Gasteiger partial charge on any atom is -0.469 e. The summed E-state index contributed by atoms with van der Waals surface area (Å²) >= 11 is 0. The van der Waals surface area contributed by atoms with Crippen LogP contribution in [0.2, 0.25) is 0 Å². The molecule has 20 heavy (non-hydrogen) atoms. The second-order valence-electron chi connectivity index (χ2n) is 7.44. The maximum Gasteiger partial charge on any atom is 0.310 e. The average molecular weight is 279 g/mol. The van der Waals surface area contributed by atoms with Crippen LogP contribution in [0.5, 0.6) is 0 Å². The van der Waals surface area contributed by atoms with Gasteiger partial charge < -0.3 is 4.74 Å². The molecule has 114 valence electrons. The first-order valence-electron chi connectivity index (χ1n) is 8.41. The second-order valence-corrected chi connectivity index (χ2v) is 7.44. The van der Waals surface area contributed by atoms with Gasteiger partial charge in [0.2, 0.25) is 0 Å². The summed E-state index contributed by atoms with van der Waals surface area (Å²) in [6.07, 6.45) is 9.03. The summed E-state index contributed by atoms with van der Waals surface area (Å²) < 4.78 is 5.17. The van der Waals surface area contributed by atoms with Gasteiger partial charge in [-0.1, -0.05) is 26.2 Å². The molecule has 3 unspecified atom stereocenters. The van der Waals surface area contributed by atoms with Crippen molar-refractivity contribution in [2.75, 3.05) is 14.2 Å². The molecule has 1 aliphatic carbocycles. The fourth-order valence-electron chi connectivity index (χ4n) is 5.33. The molecule has 0 aromatic carbocycles. The number of rotatable bonds is 2. The van der Waals surface area contributed by atoms with E-state index in [1.807, 2.05) is 0 Å². The first kappa shape index (κ1) is 14.4. The third-order valence-electron chi connectivity index (χ3n) is 6.37. The van der Waals surface area contributed by atoms with Gasteiger partial charge in [0.05, 0.1) is 13.0 Å². The third-order valence-corrected chi connectivity index (χ3v) is 6.37. The van der Waals surface area contributed by atoms with Crippen LogP contribution in [0.1, 0.15) is 51.9 Å². The summed E-state index contributed by atoms with van der Waals surface area (Å²) in [6.45, 7) is 2.38. The van der Waals surface area contributed by atoms with Gasteiger partial charge in [-0.3, -0.25) is 9.69 Å². The lowest BCUT2D eigenvalue weighted by molar-refractivity contribution is -0.154. The number of esters is 1. The number of ether oxygens (including phenoxy) is 1. The zero-order valence-corrected chi connectivity index (χ0v) is 13.2. The van der Waals surface area contributed by atoms with Crippen LogP contribution in [-0.4, -0.2) is 37.1 Å². The zero-order valence-electron chi connectivity index (χ0n) is 13.2. The molecule has 0 N–H and O–H groups in total. The molecule has 3 heteroatoms. The van der Waals surface area contributed by atoms with E-state index in [2.05, 4.69) is 18.9 Å². The van der Waals surface area contributed by atoms with Crippen molar-refractivity contribution < 1.29 is 9.53 Å². The van der Waals surface area contributed by atoms with E-state index in [0.29, 0.717) is 18.0 Å². The molecule has 3 fully saturated rings. The number of fused-ring (bicyclic) bond motifs is 2. The molecule has 0 spiro atoms. The van der Waals surface area contributed by atoms with Crippen molar-refractivity contribution in [1.82, 2.24) is 4.90 Å². The molecule has 3 rings (SSSR count). The van der Waals surface area contributed by atoms with Crippen LogP contribution in [-0.2, 0) is 9.53 Å². The minimum atomic E-state index is 0.0467. The minimum absolute atomic E-state index is 0.0467. The normalized spacial score (nSPS) is 45.4. The molecule has 0 amide bonds. The highest BCUT2D eigenvalue weighted by atomic mass is 16.5. The van der Waals surface area contributed by atoms with E-state index < -0.39 is 0 Å². The van der Waals surface area contributed by atoms with E-state index in [0.717, 1.165) is 11.8 Å². The Labute approximate surface area is 123 Å². The van der Waals surface area contributed by atoms with Crippen molar-refractivity contribution in [2.24, 2.45) is 23.7 Å². The Morgan fingerprint density at radius 1 is 1.15 bits per heavy atom. The molecule has 3 nitrogen and oxygen atoms in total. The lowest BCUT2D eigenvalue weighted by atomic mass is 9.66. The van der Waals surface area contributed by atoms with E-state index >= 15 is 0 Å². The van der Waals surface area contributed by atoms with E-state index in [4.69, 9.17) is 4.74 Å². The molecule has 2 saturated heterocycles. The van der Waals surface area contributed by atoms with Gasteiger partial charge in [-0.25, -0.2) is 0 Å². The summed E-state index contributed by atoms with van der Waals surface area (Å²) in [7, 11) is 3.77. The van der Waals surface area contributed by atoms with E-state index in [9.17, 15) is 4.79 Å². The molecule has 6 atom stereocenters. The Hall–Kier alpha value is -0.570. The number of piperidine rings is 1. The van der Waals surface area contributed by atoms with E-state index in [-0.39, 0.29) is 11.9 Å². The summed E-state index contributed by atoms with van der Waals surface area (Å²) in [6, 6.07) is 1.14. The molecule has 0 radical (unpaired) electrons. The van der Waals surface area contributed by atoms with Crippen molar-refractivity contribution in [2.45, 2.75) is 64.0 Å². The molecule has 2 aliphatic heterocycles. The smallest absolute Gasteiger partial charge is 0.310 e. The standard InChI is InChI=1S/C17H29NO2/c1-11-5-4-6-12(9-11)14-10-13-7-8-15(18(13)2)16(14)17(19)20-3/h11-16H,4-10H2,1-3H3/t11?,12?,13-,14-,15?,16-/m1/s1. The van der Waals surface area contributed by atoms with Gasteiger partial charge in [0.1, 0.15) is 0 Å². The predicted molar refractivity (Wildman–Crippen MR) is 79.3 cm³/mol. The molecule has 0 aromatic heterocycles. The van der Waals surface area contributed by atoms with Gasteiger partial charge in [-0.15, -0.1) is 0 Å². The van der Waals surface area contributed by atoms with Crippen molar-refractivity contribution >= 4 is 5.97 Å². The number of hydrogen-bond acceptors (Lipinski definition) is 3. The maximum absolute atomic E-state index is 12.4. The molecule has 2 bridgehead atoms. The first-order chi connectivity index (χ1) is 9.61. The van der Waals surface area contributed by atoms with Gasteiger partial charge in [-0.05, 0) is 50.5 Å². The van der Waals surface area contributed by atoms with Gasteiger partial charge in [-0.2, -0.15) is 0 Å². The lowest BCUT2D eigenvalue weighted by Crippen LogP contribution is -2.52. The van der Waals surface area contributed by atoms with Crippen LogP contribution in [0, 0.1) is 23.7 Å². The Morgan fingerprint density at radius 2 is 1.95 bits per heavy atom. The lowest BCUT2D eigenvalue weighted by Gasteiger charge is -2.46. The Balaban J connectivity index is 1.82. The van der Waals surface area contributed by atoms with Crippen LogP contribution < -0.4 is 0 Å². The third kappa shape index (κ3) is 2.38. The number of hydrogen-bond donors (Lipinski definition) is 0. The van der Waals surface area contributed by atoms with Crippen molar-refractivity contribution in [1.29, 1.82) is 0 Å². The highest BCUT2D eigenvalue weighted by molar-refractivity contribution is 5.74. The van der Waals surface area contributed by atoms with Gasteiger partial charge in [0.25, 0.3) is 0 Å². The van der Waals surface area contributed by atoms with Crippen molar-refractivity contribution in [3.63, 3.8) is 0 Å². The molecule has 3 aliphatic rings. The van der Waals surface area contributed by atoms with E-state index in [1.165, 1.54) is 44.9 Å². The van der Waals surface area contributed by atoms with Crippen LogP contribution >= 0.6 is 0 Å². The summed E-state index contributed by atoms with van der Waals surface area (Å²) in [5.41, 5.74) is 0. The quantitative estimate of drug-likeness (QED) is 0.728. The topological polar surface area (TPSA) is 29.5 Å². The fourth-order valence-corrected chi connectivity index (χ4v) is 5.33. The van der Waals surface area contributed by atoms with E-state index in [1.54, 1.807) is 7.11 Å². The summed E-state index contributed by atoms with van der Waals surface area (Å²) in [4.78, 5) is 14.8. The SMILES string of the molecule is COC(=O)[C@H]1C2CC[C@H](C[C@@H]1C1CCCC(C)C1)N2C. The Morgan fingerprint density at radius 3 is 2.65 bits per heavy atom. The van der Waals surface area contributed by atoms with Crippen molar-refractivity contribution in [3.8, 4) is 0 Å². The highest BCUT2D eigenvalue weighted by Crippen LogP contribution is 2.48. The number of carbonyl (C=O) groups is 1. The van der Waals surface area contributed by atoms with Gasteiger partial charge >= 0.3 is 5.97 Å². The fraction of sp³-hybridized carbons (Fsp3) is 0.941. The van der Waals surface area contributed by atoms with Crippen LogP contribution in [0.4, 0.5) is 0 Å². The van der Waals surface area contributed by atoms with Crippen LogP contribution in [0.15, 0.2) is 0 Å². The molecule has 1 saturated carbocycles. The molecule has 0 aromatic rings. The highest BCUT2D eigenvalue weighted by Gasteiger charge is 2.51. The summed E-state index contributed by atoms with van der Waals surface area (Å²) in [5, 5.41) is 0. The van der Waals surface area contributed by atoms with Crippen molar-refractivity contribution in [3.05, 3.63) is 0 Å². The molecule has 2 heterocycles. The zero-order chi connectivity index (χ0) is 14.3. The molecular formula is C17H29NO2. The number of methoxy groups -OCH3 is 1. The van der Waals surface area contributed by atoms with Crippen LogP contribution in [0.3, 0.4) is 0 Å². The Bertz CT molecular complexity index is 370. The number of nitrogens with zero attached hydrogens (tertiary/aromatic N) is 1. The summed E-state index contributed by atoms with van der Waals surface area (Å²) in [5.74, 6) is 2.33. The Kier molecular flexibility index (Phi) is 4.07. The first-order valence-corrected chi connectivity index (χ1v) is 8.41. The average Bonchev–Trinajstić information content (AvgIpc) is 2.69. The maximum atomic E-state index is 12.4. The van der Waals surface area contributed by atoms with Crippen LogP contribution in [0.25, 0.3) is 0 Å². The van der Waals surface area contributed by atoms with Gasteiger partial charge in [0, 0.05) is 12.1 Å². The molecular weight excluding hydrogens is 250 g/mol. The largest absolute Gasteiger partial charge is 0.469 e.